The van der Waals surface area contributed by atoms with Crippen LogP contribution in [0.4, 0.5) is 10.8 Å². The van der Waals surface area contributed by atoms with Crippen LogP contribution in [0.1, 0.15) is 0 Å². The molecule has 0 radical (unpaired) electrons. The summed E-state index contributed by atoms with van der Waals surface area (Å²) >= 11 is 13.6. The number of hydrogen-bond acceptors (Lipinski definition) is 3. The Labute approximate surface area is 182 Å². The van der Waals surface area contributed by atoms with Crippen molar-refractivity contribution in [1.29, 1.82) is 0 Å². The van der Waals surface area contributed by atoms with Crippen molar-refractivity contribution in [3.05, 3.63) is 88.2 Å². The summed E-state index contributed by atoms with van der Waals surface area (Å²) in [6.45, 7) is 0. The Hall–Kier alpha value is -1.85. The number of thiazole rings is 1. The highest BCUT2D eigenvalue weighted by Gasteiger charge is 2.07. The molecule has 0 atom stereocenters. The standard InChI is InChI=1S/C21H14Cl2N2S.BrH/c22-18-11-8-16(12-19(18)23)20-13-26-21(25-20)24-17-9-6-15(7-10-17)14-4-2-1-3-5-14;/h1-13H,(H,24,25);1H. The Morgan fingerprint density at radius 3 is 2.11 bits per heavy atom. The number of anilines is 2. The Kier molecular flexibility index (Phi) is 6.55. The van der Waals surface area contributed by atoms with Gasteiger partial charge in [-0.2, -0.15) is 0 Å². The van der Waals surface area contributed by atoms with Crippen molar-refractivity contribution in [2.75, 3.05) is 5.32 Å². The Morgan fingerprint density at radius 2 is 1.41 bits per heavy atom. The van der Waals surface area contributed by atoms with Crippen molar-refractivity contribution >= 4 is 62.3 Å². The average Bonchev–Trinajstić information content (AvgIpc) is 3.14. The molecule has 0 saturated carbocycles. The normalized spacial score (nSPS) is 10.3. The van der Waals surface area contributed by atoms with Gasteiger partial charge in [-0.15, -0.1) is 28.3 Å². The Morgan fingerprint density at radius 1 is 0.741 bits per heavy atom. The lowest BCUT2D eigenvalue weighted by molar-refractivity contribution is 1.38. The smallest absolute Gasteiger partial charge is 0.187 e. The highest BCUT2D eigenvalue weighted by molar-refractivity contribution is 8.93. The average molecular weight is 478 g/mol. The zero-order valence-corrected chi connectivity index (χ0v) is 18.1. The maximum atomic E-state index is 6.09. The van der Waals surface area contributed by atoms with Crippen LogP contribution >= 0.6 is 51.5 Å². The molecule has 4 rings (SSSR count). The molecule has 136 valence electrons. The summed E-state index contributed by atoms with van der Waals surface area (Å²) in [6.07, 6.45) is 0. The van der Waals surface area contributed by atoms with Crippen LogP contribution in [0.5, 0.6) is 0 Å². The fourth-order valence-corrected chi connectivity index (χ4v) is 3.66. The summed E-state index contributed by atoms with van der Waals surface area (Å²) in [5.74, 6) is 0. The maximum Gasteiger partial charge on any atom is 0.187 e. The second-order valence-electron chi connectivity index (χ2n) is 5.74. The van der Waals surface area contributed by atoms with E-state index in [1.165, 1.54) is 11.1 Å². The lowest BCUT2D eigenvalue weighted by atomic mass is 10.1. The van der Waals surface area contributed by atoms with Crippen LogP contribution < -0.4 is 5.32 Å². The van der Waals surface area contributed by atoms with Gasteiger partial charge in [0.2, 0.25) is 0 Å². The molecule has 0 unspecified atom stereocenters. The molecule has 1 aromatic heterocycles. The minimum atomic E-state index is 0. The largest absolute Gasteiger partial charge is 0.332 e. The predicted octanol–water partition coefficient (Wildman–Crippen LogP) is 8.11. The van der Waals surface area contributed by atoms with E-state index in [0.717, 1.165) is 22.1 Å². The lowest BCUT2D eigenvalue weighted by Crippen LogP contribution is -1.89. The van der Waals surface area contributed by atoms with Crippen LogP contribution in [-0.2, 0) is 0 Å². The SMILES string of the molecule is Br.Clc1ccc(-c2csc(Nc3ccc(-c4ccccc4)cc3)n2)cc1Cl. The molecule has 0 fully saturated rings. The third-order valence-corrected chi connectivity index (χ3v) is 5.46. The molecule has 27 heavy (non-hydrogen) atoms. The third-order valence-electron chi connectivity index (χ3n) is 3.96. The van der Waals surface area contributed by atoms with Gasteiger partial charge < -0.3 is 5.32 Å². The molecule has 3 aromatic carbocycles. The summed E-state index contributed by atoms with van der Waals surface area (Å²) in [5, 5.41) is 7.25. The molecular weight excluding hydrogens is 463 g/mol. The number of rotatable bonds is 4. The second-order valence-corrected chi connectivity index (χ2v) is 7.41. The van der Waals surface area contributed by atoms with Gasteiger partial charge in [-0.1, -0.05) is 71.7 Å². The van der Waals surface area contributed by atoms with Crippen molar-refractivity contribution in [1.82, 2.24) is 4.98 Å². The van der Waals surface area contributed by atoms with E-state index in [0.29, 0.717) is 10.0 Å². The zero-order chi connectivity index (χ0) is 17.9. The van der Waals surface area contributed by atoms with Crippen molar-refractivity contribution in [3.8, 4) is 22.4 Å². The first kappa shape index (κ1) is 19.9. The van der Waals surface area contributed by atoms with E-state index in [1.54, 1.807) is 17.4 Å². The molecule has 0 saturated heterocycles. The first-order valence-electron chi connectivity index (χ1n) is 8.02. The van der Waals surface area contributed by atoms with Crippen LogP contribution in [0, 0.1) is 0 Å². The quantitative estimate of drug-likeness (QED) is 0.321. The second kappa shape index (κ2) is 8.89. The van der Waals surface area contributed by atoms with Gasteiger partial charge in [-0.25, -0.2) is 4.98 Å². The monoisotopic (exact) mass is 476 g/mol. The highest BCUT2D eigenvalue weighted by atomic mass is 79.9. The molecule has 6 heteroatoms. The van der Waals surface area contributed by atoms with Crippen molar-refractivity contribution in [3.63, 3.8) is 0 Å². The minimum Gasteiger partial charge on any atom is -0.332 e. The number of nitrogens with zero attached hydrogens (tertiary/aromatic N) is 1. The summed E-state index contributed by atoms with van der Waals surface area (Å²) < 4.78 is 0. The van der Waals surface area contributed by atoms with Crippen LogP contribution in [-0.4, -0.2) is 4.98 Å². The third kappa shape index (κ3) is 4.71. The van der Waals surface area contributed by atoms with E-state index in [2.05, 4.69) is 46.7 Å². The van der Waals surface area contributed by atoms with Crippen LogP contribution in [0.2, 0.25) is 10.0 Å². The van der Waals surface area contributed by atoms with Crippen LogP contribution in [0.3, 0.4) is 0 Å². The summed E-state index contributed by atoms with van der Waals surface area (Å²) in [4.78, 5) is 4.63. The van der Waals surface area contributed by atoms with Crippen LogP contribution in [0.25, 0.3) is 22.4 Å². The molecule has 0 aliphatic heterocycles. The first-order valence-corrected chi connectivity index (χ1v) is 9.66. The molecule has 0 bridgehead atoms. The molecule has 4 aromatic rings. The van der Waals surface area contributed by atoms with Gasteiger partial charge in [0.1, 0.15) is 0 Å². The van der Waals surface area contributed by atoms with E-state index in [9.17, 15) is 0 Å². The van der Waals surface area contributed by atoms with Gasteiger partial charge in [-0.05, 0) is 35.4 Å². The fourth-order valence-electron chi connectivity index (χ4n) is 2.62. The molecule has 0 spiro atoms. The minimum absolute atomic E-state index is 0. The van der Waals surface area contributed by atoms with Gasteiger partial charge in [0.05, 0.1) is 15.7 Å². The molecule has 1 N–H and O–H groups in total. The fraction of sp³-hybridized carbons (Fsp3) is 0. The summed E-state index contributed by atoms with van der Waals surface area (Å²) in [7, 11) is 0. The first-order chi connectivity index (χ1) is 12.7. The topological polar surface area (TPSA) is 24.9 Å². The van der Waals surface area contributed by atoms with Gasteiger partial charge in [0, 0.05) is 16.6 Å². The highest BCUT2D eigenvalue weighted by Crippen LogP contribution is 2.31. The van der Waals surface area contributed by atoms with Gasteiger partial charge in [0.15, 0.2) is 5.13 Å². The molecule has 2 nitrogen and oxygen atoms in total. The van der Waals surface area contributed by atoms with E-state index in [-0.39, 0.29) is 17.0 Å². The van der Waals surface area contributed by atoms with E-state index in [4.69, 9.17) is 23.2 Å². The van der Waals surface area contributed by atoms with E-state index in [1.807, 2.05) is 35.7 Å². The van der Waals surface area contributed by atoms with Gasteiger partial charge in [-0.3, -0.25) is 0 Å². The summed E-state index contributed by atoms with van der Waals surface area (Å²) in [5.41, 5.74) is 5.21. The number of aromatic nitrogens is 1. The molecule has 0 aliphatic carbocycles. The van der Waals surface area contributed by atoms with E-state index < -0.39 is 0 Å². The molecular formula is C21H15BrCl2N2S. The number of nitrogens with one attached hydrogen (secondary N) is 1. The zero-order valence-electron chi connectivity index (χ0n) is 14.0. The summed E-state index contributed by atoms with van der Waals surface area (Å²) in [6, 6.07) is 24.2. The van der Waals surface area contributed by atoms with Gasteiger partial charge in [0.25, 0.3) is 0 Å². The predicted molar refractivity (Wildman–Crippen MR) is 123 cm³/mol. The lowest BCUT2D eigenvalue weighted by Gasteiger charge is -2.05. The van der Waals surface area contributed by atoms with Crippen molar-refractivity contribution in [2.45, 2.75) is 0 Å². The van der Waals surface area contributed by atoms with Gasteiger partial charge >= 0.3 is 0 Å². The molecule has 0 amide bonds. The van der Waals surface area contributed by atoms with Crippen LogP contribution in [0.15, 0.2) is 78.2 Å². The molecule has 0 aliphatic rings. The van der Waals surface area contributed by atoms with Crippen molar-refractivity contribution < 1.29 is 0 Å². The Bertz CT molecular complexity index is 1030. The number of hydrogen-bond donors (Lipinski definition) is 1. The number of benzene rings is 3. The van der Waals surface area contributed by atoms with Crippen molar-refractivity contribution in [2.24, 2.45) is 0 Å². The maximum absolute atomic E-state index is 6.09. The molecule has 1 heterocycles. The van der Waals surface area contributed by atoms with E-state index >= 15 is 0 Å². The number of halogens is 3. The Balaban J connectivity index is 0.00000210.